The van der Waals surface area contributed by atoms with Crippen molar-refractivity contribution in [3.05, 3.63) is 34.8 Å². The molecule has 0 bridgehead atoms. The Morgan fingerprint density at radius 2 is 2.07 bits per heavy atom. The number of thiazole rings is 1. The van der Waals surface area contributed by atoms with E-state index < -0.39 is 0 Å². The molecule has 1 aromatic carbocycles. The van der Waals surface area contributed by atoms with Crippen LogP contribution in [0.15, 0.2) is 24.3 Å². The predicted molar refractivity (Wildman–Crippen MR) is 64.0 cm³/mol. The topological polar surface area (TPSA) is 38.9 Å². The van der Waals surface area contributed by atoms with Crippen LogP contribution >= 0.6 is 11.3 Å². The lowest BCUT2D eigenvalue weighted by atomic mass is 10.2. The van der Waals surface area contributed by atoms with Gasteiger partial charge in [-0.05, 0) is 31.4 Å². The van der Waals surface area contributed by atoms with Crippen molar-refractivity contribution in [3.63, 3.8) is 0 Å². The second-order valence-corrected chi connectivity index (χ2v) is 4.91. The number of aromatic nitrogens is 1. The summed E-state index contributed by atoms with van der Waals surface area (Å²) in [4.78, 5) is 6.11. The lowest BCUT2D eigenvalue weighted by Crippen LogP contribution is -1.89. The fraction of sp³-hybridized carbons (Fsp3) is 0.250. The summed E-state index contributed by atoms with van der Waals surface area (Å²) in [7, 11) is 0. The number of nitrogens with zero attached hydrogens (tertiary/aromatic N) is 1. The number of rotatable bonds is 1. The molecule has 1 aliphatic carbocycles. The zero-order chi connectivity index (χ0) is 10.3. The van der Waals surface area contributed by atoms with Crippen LogP contribution in [0, 0.1) is 0 Å². The number of hydrogen-bond acceptors (Lipinski definition) is 3. The van der Waals surface area contributed by atoms with Gasteiger partial charge in [0.05, 0.1) is 5.69 Å². The van der Waals surface area contributed by atoms with Crippen molar-refractivity contribution in [3.8, 4) is 10.6 Å². The maximum absolute atomic E-state index is 5.94. The summed E-state index contributed by atoms with van der Waals surface area (Å²) in [5, 5.41) is 1.08. The van der Waals surface area contributed by atoms with Gasteiger partial charge in [0, 0.05) is 16.1 Å². The molecule has 0 radical (unpaired) electrons. The van der Waals surface area contributed by atoms with Crippen LogP contribution in [0.4, 0.5) is 5.69 Å². The summed E-state index contributed by atoms with van der Waals surface area (Å²) in [5.41, 5.74) is 9.13. The van der Waals surface area contributed by atoms with Crippen molar-refractivity contribution in [1.82, 2.24) is 4.98 Å². The molecule has 3 heteroatoms. The molecule has 2 nitrogen and oxygen atoms in total. The fourth-order valence-corrected chi connectivity index (χ4v) is 3.19. The van der Waals surface area contributed by atoms with E-state index in [2.05, 4.69) is 4.98 Å². The van der Waals surface area contributed by atoms with Crippen molar-refractivity contribution in [2.24, 2.45) is 0 Å². The molecule has 3 rings (SSSR count). The Morgan fingerprint density at radius 1 is 1.20 bits per heavy atom. The van der Waals surface area contributed by atoms with Crippen LogP contribution in [0.1, 0.15) is 17.0 Å². The lowest BCUT2D eigenvalue weighted by Gasteiger charge is -2.00. The molecule has 0 saturated heterocycles. The monoisotopic (exact) mass is 216 g/mol. The van der Waals surface area contributed by atoms with Crippen LogP contribution in [-0.4, -0.2) is 4.98 Å². The van der Waals surface area contributed by atoms with E-state index >= 15 is 0 Å². The first-order valence-corrected chi connectivity index (χ1v) is 6.00. The number of benzene rings is 1. The fourth-order valence-electron chi connectivity index (χ4n) is 2.00. The number of anilines is 1. The molecule has 2 aromatic rings. The highest BCUT2D eigenvalue weighted by Gasteiger charge is 2.17. The van der Waals surface area contributed by atoms with E-state index in [0.717, 1.165) is 22.7 Å². The lowest BCUT2D eigenvalue weighted by molar-refractivity contribution is 0.900. The smallest absolute Gasteiger partial charge is 0.125 e. The third kappa shape index (κ3) is 1.43. The van der Waals surface area contributed by atoms with E-state index in [9.17, 15) is 0 Å². The molecule has 0 aliphatic heterocycles. The first-order valence-electron chi connectivity index (χ1n) is 5.18. The van der Waals surface area contributed by atoms with Gasteiger partial charge >= 0.3 is 0 Å². The number of aryl methyl sites for hydroxylation is 2. The molecule has 2 N–H and O–H groups in total. The molecule has 0 fully saturated rings. The third-order valence-corrected chi connectivity index (χ3v) is 3.98. The van der Waals surface area contributed by atoms with Crippen molar-refractivity contribution in [2.75, 3.05) is 5.73 Å². The van der Waals surface area contributed by atoms with Crippen LogP contribution in [0.2, 0.25) is 0 Å². The summed E-state index contributed by atoms with van der Waals surface area (Å²) in [6.45, 7) is 0. The molecule has 0 unspecified atom stereocenters. The number of nitrogens with two attached hydrogens (primary N) is 1. The predicted octanol–water partition coefficient (Wildman–Crippen LogP) is 2.88. The number of para-hydroxylation sites is 1. The average molecular weight is 216 g/mol. The highest BCUT2D eigenvalue weighted by atomic mass is 32.1. The van der Waals surface area contributed by atoms with E-state index in [1.807, 2.05) is 24.3 Å². The van der Waals surface area contributed by atoms with E-state index in [-0.39, 0.29) is 0 Å². The highest BCUT2D eigenvalue weighted by Crippen LogP contribution is 2.35. The highest BCUT2D eigenvalue weighted by molar-refractivity contribution is 7.15. The van der Waals surface area contributed by atoms with E-state index in [4.69, 9.17) is 5.73 Å². The molecular formula is C12H12N2S. The first-order chi connectivity index (χ1) is 7.34. The summed E-state index contributed by atoms with van der Waals surface area (Å²) in [5.74, 6) is 0. The van der Waals surface area contributed by atoms with Crippen LogP contribution in [0.3, 0.4) is 0 Å². The molecule has 0 saturated carbocycles. The zero-order valence-corrected chi connectivity index (χ0v) is 9.18. The van der Waals surface area contributed by atoms with Crippen LogP contribution in [0.25, 0.3) is 10.6 Å². The van der Waals surface area contributed by atoms with Crippen LogP contribution in [0.5, 0.6) is 0 Å². The van der Waals surface area contributed by atoms with Crippen molar-refractivity contribution >= 4 is 17.0 Å². The zero-order valence-electron chi connectivity index (χ0n) is 8.36. The quantitative estimate of drug-likeness (QED) is 0.744. The Kier molecular flexibility index (Phi) is 1.99. The SMILES string of the molecule is Nc1ccccc1-c1nc2c(s1)CCC2. The normalized spacial score (nSPS) is 14.1. The second kappa shape index (κ2) is 3.35. The van der Waals surface area contributed by atoms with Gasteiger partial charge in [0.2, 0.25) is 0 Å². The van der Waals surface area contributed by atoms with Crippen LogP contribution in [-0.2, 0) is 12.8 Å². The van der Waals surface area contributed by atoms with Gasteiger partial charge in [-0.15, -0.1) is 11.3 Å². The Balaban J connectivity index is 2.10. The summed E-state index contributed by atoms with van der Waals surface area (Å²) in [6.07, 6.45) is 3.59. The summed E-state index contributed by atoms with van der Waals surface area (Å²) in [6, 6.07) is 7.95. The van der Waals surface area contributed by atoms with E-state index in [1.165, 1.54) is 23.4 Å². The summed E-state index contributed by atoms with van der Waals surface area (Å²) < 4.78 is 0. The van der Waals surface area contributed by atoms with Crippen LogP contribution < -0.4 is 5.73 Å². The molecule has 0 amide bonds. The minimum atomic E-state index is 0.824. The van der Waals surface area contributed by atoms with Crippen molar-refractivity contribution in [2.45, 2.75) is 19.3 Å². The molecule has 1 heterocycles. The Labute approximate surface area is 92.8 Å². The van der Waals surface area contributed by atoms with Gasteiger partial charge in [-0.3, -0.25) is 0 Å². The third-order valence-electron chi connectivity index (χ3n) is 2.79. The average Bonchev–Trinajstić information content (AvgIpc) is 2.77. The molecule has 1 aromatic heterocycles. The number of fused-ring (bicyclic) bond motifs is 1. The van der Waals surface area contributed by atoms with Gasteiger partial charge < -0.3 is 5.73 Å². The Bertz CT molecular complexity index is 481. The second-order valence-electron chi connectivity index (χ2n) is 3.83. The van der Waals surface area contributed by atoms with Gasteiger partial charge in [0.1, 0.15) is 5.01 Å². The van der Waals surface area contributed by atoms with Crippen molar-refractivity contribution in [1.29, 1.82) is 0 Å². The molecule has 1 aliphatic rings. The minimum absolute atomic E-state index is 0.824. The Hall–Kier alpha value is -1.35. The molecular weight excluding hydrogens is 204 g/mol. The van der Waals surface area contributed by atoms with Gasteiger partial charge in [-0.1, -0.05) is 12.1 Å². The maximum Gasteiger partial charge on any atom is 0.125 e. The van der Waals surface area contributed by atoms with E-state index in [0.29, 0.717) is 0 Å². The standard InChI is InChI=1S/C12H12N2S/c13-9-5-2-1-4-8(9)12-14-10-6-3-7-11(10)15-12/h1-2,4-5H,3,6-7,13H2. The largest absolute Gasteiger partial charge is 0.398 e. The summed E-state index contributed by atoms with van der Waals surface area (Å²) >= 11 is 1.80. The van der Waals surface area contributed by atoms with E-state index in [1.54, 1.807) is 11.3 Å². The number of hydrogen-bond donors (Lipinski definition) is 1. The molecule has 0 atom stereocenters. The number of nitrogen functional groups attached to an aromatic ring is 1. The molecule has 76 valence electrons. The van der Waals surface area contributed by atoms with Gasteiger partial charge in [0.15, 0.2) is 0 Å². The van der Waals surface area contributed by atoms with Crippen molar-refractivity contribution < 1.29 is 0 Å². The maximum atomic E-state index is 5.94. The van der Waals surface area contributed by atoms with Gasteiger partial charge in [-0.2, -0.15) is 0 Å². The molecule has 0 spiro atoms. The minimum Gasteiger partial charge on any atom is -0.398 e. The molecule has 15 heavy (non-hydrogen) atoms. The Morgan fingerprint density at radius 3 is 2.87 bits per heavy atom. The first kappa shape index (κ1) is 8.92. The van der Waals surface area contributed by atoms with Gasteiger partial charge in [-0.25, -0.2) is 4.98 Å². The van der Waals surface area contributed by atoms with Gasteiger partial charge in [0.25, 0.3) is 0 Å².